The summed E-state index contributed by atoms with van der Waals surface area (Å²) in [6.45, 7) is -15.9. The third-order valence-electron chi connectivity index (χ3n) is 3.24. The number of hydrogen-bond donors (Lipinski definition) is 1. The Kier molecular flexibility index (Phi) is 1.60. The van der Waals surface area contributed by atoms with Gasteiger partial charge in [0, 0.05) is 16.4 Å². The maximum Gasteiger partial charge on any atom is 0.333 e. The van der Waals surface area contributed by atoms with Crippen molar-refractivity contribution < 1.29 is 52.7 Å². The number of ether oxygens (including phenoxy) is 5. The van der Waals surface area contributed by atoms with Gasteiger partial charge in [0.15, 0.2) is 11.6 Å². The van der Waals surface area contributed by atoms with Crippen molar-refractivity contribution in [3.05, 3.63) is 0 Å². The molecule has 0 saturated carbocycles. The van der Waals surface area contributed by atoms with Gasteiger partial charge in [0.2, 0.25) is 5.79 Å². The molecule has 0 aromatic rings. The number of nitrogens with two attached hydrogens (primary N) is 1. The quantitative estimate of drug-likeness (QED) is 0.730. The van der Waals surface area contributed by atoms with Crippen LogP contribution in [0.25, 0.3) is 0 Å². The minimum atomic E-state index is -4.72. The molecule has 0 amide bonds. The lowest BCUT2D eigenvalue weighted by atomic mass is 9.98. The molecule has 3 saturated heterocycles. The molecule has 4 unspecified atom stereocenters. The van der Waals surface area contributed by atoms with Crippen molar-refractivity contribution in [2.45, 2.75) is 63.1 Å². The van der Waals surface area contributed by atoms with Crippen LogP contribution in [-0.4, -0.2) is 57.3 Å². The van der Waals surface area contributed by atoms with E-state index in [2.05, 4.69) is 4.18 Å². The summed E-state index contributed by atoms with van der Waals surface area (Å²) in [6, 6.07) is 0. The normalized spacial score (nSPS) is 53.2. The van der Waals surface area contributed by atoms with Gasteiger partial charge in [-0.15, -0.1) is 0 Å². The van der Waals surface area contributed by atoms with Gasteiger partial charge >= 0.3 is 10.3 Å². The van der Waals surface area contributed by atoms with Crippen LogP contribution in [-0.2, 0) is 38.2 Å². The molecule has 0 radical (unpaired) electrons. The number of hydrogen-bond acceptors (Lipinski definition) is 8. The second kappa shape index (κ2) is 4.84. The van der Waals surface area contributed by atoms with E-state index in [1.807, 2.05) is 0 Å². The van der Waals surface area contributed by atoms with E-state index >= 15 is 0 Å². The summed E-state index contributed by atoms with van der Waals surface area (Å²) in [7, 11) is -4.72. The highest BCUT2D eigenvalue weighted by Gasteiger charge is 2.65. The Bertz CT molecular complexity index is 886. The second-order valence-electron chi connectivity index (χ2n) is 4.99. The first-order valence-electron chi connectivity index (χ1n) is 12.0. The Balaban J connectivity index is 2.14. The predicted octanol–water partition coefficient (Wildman–Crippen LogP) is -0.395. The Hall–Kier alpha value is -0.330. The zero-order chi connectivity index (χ0) is 26.4. The van der Waals surface area contributed by atoms with Crippen molar-refractivity contribution in [1.82, 2.24) is 0 Å². The first kappa shape index (κ1) is 7.28. The SMILES string of the molecule is [2H]C([2H])([2H])C1(C([2H])([2H])[2H])OC2COC3(COS(N)(=O)=O)OC(C([2H])([2H])[2H])(C([2H])([2H])[2H])OC3C2O1. The van der Waals surface area contributed by atoms with Crippen LogP contribution in [0.5, 0.6) is 0 Å². The van der Waals surface area contributed by atoms with Gasteiger partial charge in [0.25, 0.3) is 0 Å². The Morgan fingerprint density at radius 2 is 1.95 bits per heavy atom. The second-order valence-corrected chi connectivity index (χ2v) is 6.21. The zero-order valence-electron chi connectivity index (χ0n) is 22.9. The van der Waals surface area contributed by atoms with E-state index in [0.29, 0.717) is 0 Å². The first-order valence-corrected chi connectivity index (χ1v) is 7.43. The van der Waals surface area contributed by atoms with E-state index in [9.17, 15) is 8.42 Å². The molecule has 0 spiro atoms. The van der Waals surface area contributed by atoms with Gasteiger partial charge in [-0.2, -0.15) is 8.42 Å². The fourth-order valence-electron chi connectivity index (χ4n) is 2.52. The van der Waals surface area contributed by atoms with Crippen molar-refractivity contribution in [3.63, 3.8) is 0 Å². The molecule has 0 aromatic heterocycles. The maximum absolute atomic E-state index is 11.4. The molecule has 4 atom stereocenters. The molecule has 3 aliphatic heterocycles. The smallest absolute Gasteiger partial charge is 0.333 e. The summed E-state index contributed by atoms with van der Waals surface area (Å²) in [4.78, 5) is 0. The fraction of sp³-hybridized carbons (Fsp3) is 1.00. The van der Waals surface area contributed by atoms with Crippen LogP contribution < -0.4 is 5.14 Å². The van der Waals surface area contributed by atoms with E-state index in [-0.39, 0.29) is 0 Å². The standard InChI is InChI=1S/C12H21NO8S/c1-10(2)18-7-5-16-12(6-17-22(13,14)15)9(8(7)19-10)20-11(3,4)21-12/h7-9H,5-6H2,1-4H3,(H2,13,14,15)/i1D3,2D3,3D3,4D3. The van der Waals surface area contributed by atoms with E-state index in [1.165, 1.54) is 0 Å². The third-order valence-corrected chi connectivity index (χ3v) is 3.69. The van der Waals surface area contributed by atoms with Crippen LogP contribution in [0.2, 0.25) is 0 Å². The molecule has 2 N–H and O–H groups in total. The predicted molar refractivity (Wildman–Crippen MR) is 71.6 cm³/mol. The van der Waals surface area contributed by atoms with Crippen LogP contribution in [0.3, 0.4) is 0 Å². The molecule has 3 heterocycles. The molecular formula is C12H21NO8S. The minimum Gasteiger partial charge on any atom is -0.343 e. The molecule has 0 bridgehead atoms. The van der Waals surface area contributed by atoms with Crippen molar-refractivity contribution in [2.24, 2.45) is 5.14 Å². The van der Waals surface area contributed by atoms with E-state index in [4.69, 9.17) is 45.3 Å². The lowest BCUT2D eigenvalue weighted by Crippen LogP contribution is -2.60. The molecular weight excluding hydrogens is 318 g/mol. The van der Waals surface area contributed by atoms with Crippen LogP contribution >= 0.6 is 0 Å². The monoisotopic (exact) mass is 351 g/mol. The Morgan fingerprint density at radius 1 is 1.23 bits per heavy atom. The average Bonchev–Trinajstić information content (AvgIpc) is 3.15. The minimum absolute atomic E-state index is 0.746. The highest BCUT2D eigenvalue weighted by atomic mass is 32.2. The largest absolute Gasteiger partial charge is 0.343 e. The average molecular weight is 351 g/mol. The Labute approximate surface area is 146 Å². The van der Waals surface area contributed by atoms with Crippen molar-refractivity contribution >= 4 is 10.3 Å². The number of fused-ring (bicyclic) bond motifs is 3. The van der Waals surface area contributed by atoms with Crippen LogP contribution in [0.4, 0.5) is 0 Å². The van der Waals surface area contributed by atoms with Crippen LogP contribution in [0, 0.1) is 0 Å². The molecule has 3 aliphatic rings. The maximum atomic E-state index is 11.4. The van der Waals surface area contributed by atoms with Gasteiger partial charge in [-0.3, -0.25) is 4.18 Å². The summed E-state index contributed by atoms with van der Waals surface area (Å²) in [6.07, 6.45) is -5.37. The van der Waals surface area contributed by atoms with Crippen molar-refractivity contribution in [1.29, 1.82) is 0 Å². The van der Waals surface area contributed by atoms with Gasteiger partial charge in [0.1, 0.15) is 24.9 Å². The highest BCUT2D eigenvalue weighted by Crippen LogP contribution is 2.47. The lowest BCUT2D eigenvalue weighted by molar-refractivity contribution is -0.290. The van der Waals surface area contributed by atoms with Gasteiger partial charge < -0.3 is 23.7 Å². The van der Waals surface area contributed by atoms with E-state index in [1.54, 1.807) is 0 Å². The van der Waals surface area contributed by atoms with E-state index < -0.39 is 86.6 Å². The van der Waals surface area contributed by atoms with Crippen molar-refractivity contribution in [3.8, 4) is 0 Å². The molecule has 3 fully saturated rings. The zero-order valence-corrected chi connectivity index (χ0v) is 11.7. The molecule has 0 aliphatic carbocycles. The topological polar surface area (TPSA) is 116 Å². The molecule has 22 heavy (non-hydrogen) atoms. The Morgan fingerprint density at radius 3 is 2.59 bits per heavy atom. The summed E-state index contributed by atoms with van der Waals surface area (Å²) in [5, 5.41) is 4.81. The number of rotatable bonds is 3. The van der Waals surface area contributed by atoms with E-state index in [0.717, 1.165) is 0 Å². The molecule has 10 heteroatoms. The summed E-state index contributed by atoms with van der Waals surface area (Å²) in [5.41, 5.74) is 0. The van der Waals surface area contributed by atoms with Gasteiger partial charge in [-0.1, -0.05) is 0 Å². The van der Waals surface area contributed by atoms with Crippen molar-refractivity contribution in [2.75, 3.05) is 13.2 Å². The summed E-state index contributed by atoms with van der Waals surface area (Å²) >= 11 is 0. The van der Waals surface area contributed by atoms with Gasteiger partial charge in [0.05, 0.1) is 6.61 Å². The van der Waals surface area contributed by atoms with Crippen LogP contribution in [0.15, 0.2) is 0 Å². The molecule has 0 aromatic carbocycles. The van der Waals surface area contributed by atoms with Crippen LogP contribution in [0.1, 0.15) is 43.9 Å². The fourth-order valence-corrected chi connectivity index (χ4v) is 2.85. The van der Waals surface area contributed by atoms with Gasteiger partial charge in [-0.05, 0) is 27.4 Å². The highest BCUT2D eigenvalue weighted by molar-refractivity contribution is 7.84. The first-order chi connectivity index (χ1) is 14.9. The van der Waals surface area contributed by atoms with Gasteiger partial charge in [-0.25, -0.2) is 5.14 Å². The third kappa shape index (κ3) is 3.02. The molecule has 9 nitrogen and oxygen atoms in total. The molecule has 3 rings (SSSR count). The molecule has 128 valence electrons. The summed E-state index contributed by atoms with van der Waals surface area (Å²) in [5.74, 6) is -9.31. The summed E-state index contributed by atoms with van der Waals surface area (Å²) < 4.78 is 146. The lowest BCUT2D eigenvalue weighted by Gasteiger charge is -2.40.